The number of nitrogens with one attached hydrogen (secondary N) is 2. The van der Waals surface area contributed by atoms with Gasteiger partial charge in [-0.1, -0.05) is 30.3 Å². The van der Waals surface area contributed by atoms with Crippen molar-refractivity contribution < 1.29 is 18.8 Å². The van der Waals surface area contributed by atoms with E-state index in [9.17, 15) is 18.8 Å². The number of carbonyl (C=O) groups excluding carboxylic acids is 3. The Morgan fingerprint density at radius 2 is 1.87 bits per heavy atom. The third kappa shape index (κ3) is 3.38. The van der Waals surface area contributed by atoms with E-state index in [4.69, 9.17) is 0 Å². The molecule has 1 spiro atoms. The van der Waals surface area contributed by atoms with Gasteiger partial charge >= 0.3 is 0 Å². The van der Waals surface area contributed by atoms with Crippen molar-refractivity contribution in [3.05, 3.63) is 71.0 Å². The Morgan fingerprint density at radius 1 is 1.10 bits per heavy atom. The number of nitrogens with zero attached hydrogens (tertiary/aromatic N) is 1. The molecule has 0 radical (unpaired) electrons. The third-order valence-electron chi connectivity index (χ3n) is 6.81. The van der Waals surface area contributed by atoms with Crippen molar-refractivity contribution in [2.24, 2.45) is 0 Å². The number of hydrogen-bond acceptors (Lipinski definition) is 3. The first-order valence-electron chi connectivity index (χ1n) is 10.7. The lowest BCUT2D eigenvalue weighted by atomic mass is 9.76. The normalized spacial score (nSPS) is 27.2. The first kappa shape index (κ1) is 19.7. The summed E-state index contributed by atoms with van der Waals surface area (Å²) in [5, 5.41) is 6.05. The number of benzene rings is 2. The molecular formula is C24H24FN3O3. The second-order valence-electron chi connectivity index (χ2n) is 8.67. The summed E-state index contributed by atoms with van der Waals surface area (Å²) < 4.78 is 13.6. The van der Waals surface area contributed by atoms with Crippen LogP contribution in [0.4, 0.5) is 4.39 Å². The zero-order valence-electron chi connectivity index (χ0n) is 17.1. The maximum Gasteiger partial charge on any atom is 0.252 e. The van der Waals surface area contributed by atoms with Crippen molar-refractivity contribution >= 4 is 17.7 Å². The highest BCUT2D eigenvalue weighted by atomic mass is 19.1. The molecule has 5 rings (SSSR count). The molecule has 2 aromatic carbocycles. The van der Waals surface area contributed by atoms with Crippen molar-refractivity contribution in [3.63, 3.8) is 0 Å². The van der Waals surface area contributed by atoms with Gasteiger partial charge in [-0.05, 0) is 48.6 Å². The van der Waals surface area contributed by atoms with Gasteiger partial charge in [-0.3, -0.25) is 14.4 Å². The van der Waals surface area contributed by atoms with Gasteiger partial charge in [-0.15, -0.1) is 0 Å². The molecule has 3 aliphatic rings. The minimum Gasteiger partial charge on any atom is -0.348 e. The number of likely N-dealkylation sites (tertiary alicyclic amines) is 1. The molecule has 31 heavy (non-hydrogen) atoms. The van der Waals surface area contributed by atoms with E-state index in [1.54, 1.807) is 18.2 Å². The summed E-state index contributed by atoms with van der Waals surface area (Å²) in [5.74, 6) is -0.608. The second-order valence-corrected chi connectivity index (χ2v) is 8.67. The summed E-state index contributed by atoms with van der Waals surface area (Å²) in [5.41, 5.74) is 1.71. The predicted molar refractivity (Wildman–Crippen MR) is 111 cm³/mol. The van der Waals surface area contributed by atoms with Crippen LogP contribution < -0.4 is 10.6 Å². The number of fused-ring (bicyclic) bond motifs is 1. The van der Waals surface area contributed by atoms with E-state index < -0.39 is 5.54 Å². The van der Waals surface area contributed by atoms with Gasteiger partial charge in [0.2, 0.25) is 11.8 Å². The fraction of sp³-hybridized carbons (Fsp3) is 0.375. The van der Waals surface area contributed by atoms with Crippen molar-refractivity contribution in [2.75, 3.05) is 6.54 Å². The van der Waals surface area contributed by atoms with Crippen molar-refractivity contribution in [1.29, 1.82) is 0 Å². The molecule has 2 saturated heterocycles. The average Bonchev–Trinajstić information content (AvgIpc) is 3.29. The average molecular weight is 421 g/mol. The fourth-order valence-electron chi connectivity index (χ4n) is 5.45. The summed E-state index contributed by atoms with van der Waals surface area (Å²) in [6.07, 6.45) is 2.75. The smallest absolute Gasteiger partial charge is 0.252 e. The molecule has 160 valence electrons. The summed E-state index contributed by atoms with van der Waals surface area (Å²) >= 11 is 0. The number of rotatable bonds is 3. The molecule has 2 aromatic rings. The van der Waals surface area contributed by atoms with Crippen LogP contribution in [0.5, 0.6) is 0 Å². The molecule has 3 heterocycles. The van der Waals surface area contributed by atoms with Crippen molar-refractivity contribution in [1.82, 2.24) is 15.5 Å². The zero-order valence-corrected chi connectivity index (χ0v) is 17.1. The second kappa shape index (κ2) is 7.48. The highest BCUT2D eigenvalue weighted by Crippen LogP contribution is 2.45. The number of amides is 3. The number of hydrogen-bond donors (Lipinski definition) is 2. The highest BCUT2D eigenvalue weighted by Gasteiger charge is 2.51. The summed E-state index contributed by atoms with van der Waals surface area (Å²) in [6.45, 7) is 0.556. The maximum atomic E-state index is 13.6. The summed E-state index contributed by atoms with van der Waals surface area (Å²) in [6, 6.07) is 12.8. The Morgan fingerprint density at radius 3 is 2.61 bits per heavy atom. The van der Waals surface area contributed by atoms with E-state index >= 15 is 0 Å². The van der Waals surface area contributed by atoms with Gasteiger partial charge in [0, 0.05) is 18.5 Å². The number of halogens is 1. The van der Waals surface area contributed by atoms with Crippen LogP contribution in [0.2, 0.25) is 0 Å². The van der Waals surface area contributed by atoms with Crippen molar-refractivity contribution in [3.8, 4) is 0 Å². The van der Waals surface area contributed by atoms with Crippen LogP contribution in [0.15, 0.2) is 48.5 Å². The van der Waals surface area contributed by atoms with Crippen LogP contribution in [0.1, 0.15) is 65.7 Å². The van der Waals surface area contributed by atoms with Gasteiger partial charge in [0.25, 0.3) is 5.91 Å². The summed E-state index contributed by atoms with van der Waals surface area (Å²) in [7, 11) is 0. The fourth-order valence-corrected chi connectivity index (χ4v) is 5.45. The first-order chi connectivity index (χ1) is 15.0. The molecule has 3 atom stereocenters. The zero-order chi connectivity index (χ0) is 21.6. The topological polar surface area (TPSA) is 78.5 Å². The Labute approximate surface area is 179 Å². The van der Waals surface area contributed by atoms with E-state index in [0.717, 1.165) is 24.0 Å². The lowest BCUT2D eigenvalue weighted by Crippen LogP contribution is -2.58. The molecular weight excluding hydrogens is 397 g/mol. The SMILES string of the molecule is O=C1CC[C@]2(CCCN(C(=O)C[C@@H]3NC(=O)c4ccccc43)[C@@H]2c2ccc(F)cc2)N1. The van der Waals surface area contributed by atoms with Crippen LogP contribution in [0, 0.1) is 5.82 Å². The van der Waals surface area contributed by atoms with Crippen LogP contribution in [-0.4, -0.2) is 34.7 Å². The van der Waals surface area contributed by atoms with Gasteiger partial charge in [-0.2, -0.15) is 0 Å². The van der Waals surface area contributed by atoms with Gasteiger partial charge in [0.1, 0.15) is 5.82 Å². The van der Waals surface area contributed by atoms with E-state index in [-0.39, 0.29) is 42.0 Å². The molecule has 3 aliphatic heterocycles. The monoisotopic (exact) mass is 421 g/mol. The number of piperidine rings is 1. The molecule has 0 bridgehead atoms. The lowest BCUT2D eigenvalue weighted by Gasteiger charge is -2.48. The Kier molecular flexibility index (Phi) is 4.76. The molecule has 3 amide bonds. The molecule has 0 aromatic heterocycles. The quantitative estimate of drug-likeness (QED) is 0.800. The van der Waals surface area contributed by atoms with E-state index in [1.165, 1.54) is 12.1 Å². The largest absolute Gasteiger partial charge is 0.348 e. The van der Waals surface area contributed by atoms with E-state index in [2.05, 4.69) is 10.6 Å². The van der Waals surface area contributed by atoms with Crippen LogP contribution >= 0.6 is 0 Å². The Bertz CT molecular complexity index is 1050. The molecule has 2 fully saturated rings. The van der Waals surface area contributed by atoms with E-state index in [1.807, 2.05) is 23.1 Å². The standard InChI is InChI=1S/C24H24FN3O3/c25-16-8-6-15(7-9-16)22-24(12-10-20(29)27-24)11-3-13-28(22)21(30)14-19-17-4-1-2-5-18(17)23(31)26-19/h1-2,4-9,19,22H,3,10-14H2,(H,26,31)(H,27,29)/t19-,22+,24-/m0/s1. The third-order valence-corrected chi connectivity index (χ3v) is 6.81. The molecule has 0 aliphatic carbocycles. The summed E-state index contributed by atoms with van der Waals surface area (Å²) in [4.78, 5) is 39.8. The van der Waals surface area contributed by atoms with Crippen molar-refractivity contribution in [2.45, 2.75) is 49.7 Å². The minimum absolute atomic E-state index is 0.0154. The molecule has 0 unspecified atom stereocenters. The van der Waals surface area contributed by atoms with Gasteiger partial charge in [0.15, 0.2) is 0 Å². The molecule has 6 nitrogen and oxygen atoms in total. The first-order valence-corrected chi connectivity index (χ1v) is 10.7. The Hall–Kier alpha value is -3.22. The maximum absolute atomic E-state index is 13.6. The van der Waals surface area contributed by atoms with Gasteiger partial charge in [-0.25, -0.2) is 4.39 Å². The van der Waals surface area contributed by atoms with Gasteiger partial charge in [0.05, 0.1) is 24.0 Å². The van der Waals surface area contributed by atoms with E-state index in [0.29, 0.717) is 24.9 Å². The minimum atomic E-state index is -0.542. The van der Waals surface area contributed by atoms with Crippen LogP contribution in [0.3, 0.4) is 0 Å². The molecule has 0 saturated carbocycles. The molecule has 7 heteroatoms. The van der Waals surface area contributed by atoms with Crippen LogP contribution in [0.25, 0.3) is 0 Å². The lowest BCUT2D eigenvalue weighted by molar-refractivity contribution is -0.139. The number of carbonyl (C=O) groups is 3. The van der Waals surface area contributed by atoms with Gasteiger partial charge < -0.3 is 15.5 Å². The highest BCUT2D eigenvalue weighted by molar-refractivity contribution is 5.99. The Balaban J connectivity index is 1.46. The van der Waals surface area contributed by atoms with Crippen LogP contribution in [-0.2, 0) is 9.59 Å². The molecule has 2 N–H and O–H groups in total. The predicted octanol–water partition coefficient (Wildman–Crippen LogP) is 3.01.